The standard InChI is InChI=1S/C19H22N2OS/c1-4-21-18-8-6-5-7-17(18)20-19(21)23-10-9-22-16-12-14(2)11-15(3)13-16/h5-8,11-13H,4,9-10H2,1-3H3. The predicted octanol–water partition coefficient (Wildman–Crippen LogP) is 4.84. The van der Waals surface area contributed by atoms with E-state index in [4.69, 9.17) is 9.72 Å². The lowest BCUT2D eigenvalue weighted by Crippen LogP contribution is -2.03. The van der Waals surface area contributed by atoms with Crippen LogP contribution in [0.5, 0.6) is 5.75 Å². The topological polar surface area (TPSA) is 27.1 Å². The van der Waals surface area contributed by atoms with Crippen molar-refractivity contribution in [1.82, 2.24) is 9.55 Å². The average molecular weight is 326 g/mol. The minimum atomic E-state index is 0.681. The van der Waals surface area contributed by atoms with Crippen LogP contribution in [0.4, 0.5) is 0 Å². The summed E-state index contributed by atoms with van der Waals surface area (Å²) >= 11 is 1.75. The maximum absolute atomic E-state index is 5.88. The highest BCUT2D eigenvalue weighted by Crippen LogP contribution is 2.24. The van der Waals surface area contributed by atoms with Gasteiger partial charge in [-0.15, -0.1) is 0 Å². The smallest absolute Gasteiger partial charge is 0.169 e. The molecule has 0 aliphatic heterocycles. The number of para-hydroxylation sites is 2. The Labute approximate surface area is 141 Å². The fourth-order valence-electron chi connectivity index (χ4n) is 2.78. The van der Waals surface area contributed by atoms with Crippen LogP contribution in [0.3, 0.4) is 0 Å². The van der Waals surface area contributed by atoms with Crippen molar-refractivity contribution in [2.45, 2.75) is 32.5 Å². The first-order valence-electron chi connectivity index (χ1n) is 7.96. The molecular formula is C19H22N2OS. The number of thioether (sulfide) groups is 1. The molecule has 3 aromatic rings. The van der Waals surface area contributed by atoms with Gasteiger partial charge in [-0.1, -0.05) is 30.0 Å². The molecule has 1 heterocycles. The largest absolute Gasteiger partial charge is 0.493 e. The molecule has 4 heteroatoms. The van der Waals surface area contributed by atoms with Crippen molar-refractivity contribution in [2.24, 2.45) is 0 Å². The normalized spacial score (nSPS) is 11.1. The molecular weight excluding hydrogens is 304 g/mol. The van der Waals surface area contributed by atoms with E-state index in [1.165, 1.54) is 16.6 Å². The third-order valence-corrected chi connectivity index (χ3v) is 4.65. The molecule has 0 N–H and O–H groups in total. The van der Waals surface area contributed by atoms with Gasteiger partial charge < -0.3 is 9.30 Å². The lowest BCUT2D eigenvalue weighted by Gasteiger charge is -2.09. The van der Waals surface area contributed by atoms with Crippen LogP contribution in [0.25, 0.3) is 11.0 Å². The summed E-state index contributed by atoms with van der Waals surface area (Å²) in [6.07, 6.45) is 0. The summed E-state index contributed by atoms with van der Waals surface area (Å²) in [6.45, 7) is 7.96. The second kappa shape index (κ2) is 7.09. The van der Waals surface area contributed by atoms with E-state index in [2.05, 4.69) is 61.7 Å². The molecule has 0 aliphatic rings. The van der Waals surface area contributed by atoms with Gasteiger partial charge in [-0.05, 0) is 56.2 Å². The second-order valence-electron chi connectivity index (χ2n) is 5.65. The molecule has 23 heavy (non-hydrogen) atoms. The molecule has 3 nitrogen and oxygen atoms in total. The molecule has 0 amide bonds. The van der Waals surface area contributed by atoms with Crippen LogP contribution in [0.15, 0.2) is 47.6 Å². The van der Waals surface area contributed by atoms with Gasteiger partial charge in [-0.3, -0.25) is 0 Å². The van der Waals surface area contributed by atoms with Crippen molar-refractivity contribution in [3.05, 3.63) is 53.6 Å². The molecule has 0 atom stereocenters. The van der Waals surface area contributed by atoms with Gasteiger partial charge in [0.15, 0.2) is 5.16 Å². The summed E-state index contributed by atoms with van der Waals surface area (Å²) < 4.78 is 8.14. The van der Waals surface area contributed by atoms with Crippen LogP contribution in [-0.4, -0.2) is 21.9 Å². The number of benzene rings is 2. The number of aryl methyl sites for hydroxylation is 3. The molecule has 1 aromatic heterocycles. The number of hydrogen-bond acceptors (Lipinski definition) is 3. The summed E-state index contributed by atoms with van der Waals surface area (Å²) in [6, 6.07) is 14.6. The van der Waals surface area contributed by atoms with Crippen LogP contribution >= 0.6 is 11.8 Å². The first-order valence-corrected chi connectivity index (χ1v) is 8.95. The SMILES string of the molecule is CCn1c(SCCOc2cc(C)cc(C)c2)nc2ccccc21. The highest BCUT2D eigenvalue weighted by molar-refractivity contribution is 7.99. The van der Waals surface area contributed by atoms with E-state index in [0.717, 1.165) is 28.7 Å². The molecule has 120 valence electrons. The Morgan fingerprint density at radius 3 is 2.57 bits per heavy atom. The van der Waals surface area contributed by atoms with E-state index in [1.807, 2.05) is 6.07 Å². The lowest BCUT2D eigenvalue weighted by molar-refractivity contribution is 0.343. The van der Waals surface area contributed by atoms with E-state index in [9.17, 15) is 0 Å². The van der Waals surface area contributed by atoms with Gasteiger partial charge in [0.2, 0.25) is 0 Å². The summed E-state index contributed by atoms with van der Waals surface area (Å²) in [5.41, 5.74) is 4.74. The van der Waals surface area contributed by atoms with Crippen LogP contribution < -0.4 is 4.74 Å². The van der Waals surface area contributed by atoms with Gasteiger partial charge in [-0.2, -0.15) is 0 Å². The zero-order valence-electron chi connectivity index (χ0n) is 13.9. The van der Waals surface area contributed by atoms with Gasteiger partial charge >= 0.3 is 0 Å². The molecule has 3 rings (SSSR count). The number of aromatic nitrogens is 2. The molecule has 0 bridgehead atoms. The van der Waals surface area contributed by atoms with Gasteiger partial charge in [0.25, 0.3) is 0 Å². The van der Waals surface area contributed by atoms with E-state index >= 15 is 0 Å². The van der Waals surface area contributed by atoms with Gasteiger partial charge in [-0.25, -0.2) is 4.98 Å². The summed E-state index contributed by atoms with van der Waals surface area (Å²) in [7, 11) is 0. The third-order valence-electron chi connectivity index (χ3n) is 3.71. The maximum atomic E-state index is 5.88. The Balaban J connectivity index is 1.62. The fourth-order valence-corrected chi connectivity index (χ4v) is 3.67. The molecule has 0 aliphatic carbocycles. The quantitative estimate of drug-likeness (QED) is 0.479. The fraction of sp³-hybridized carbons (Fsp3) is 0.316. The van der Waals surface area contributed by atoms with Crippen molar-refractivity contribution < 1.29 is 4.74 Å². The molecule has 0 fully saturated rings. The van der Waals surface area contributed by atoms with Crippen molar-refractivity contribution in [3.8, 4) is 5.75 Å². The van der Waals surface area contributed by atoms with Crippen molar-refractivity contribution in [1.29, 1.82) is 0 Å². The molecule has 0 saturated heterocycles. The summed E-state index contributed by atoms with van der Waals surface area (Å²) in [4.78, 5) is 4.73. The summed E-state index contributed by atoms with van der Waals surface area (Å²) in [5.74, 6) is 1.84. The van der Waals surface area contributed by atoms with Gasteiger partial charge in [0.1, 0.15) is 5.75 Å². The van der Waals surface area contributed by atoms with Crippen molar-refractivity contribution in [3.63, 3.8) is 0 Å². The zero-order valence-corrected chi connectivity index (χ0v) is 14.7. The number of rotatable bonds is 6. The highest BCUT2D eigenvalue weighted by atomic mass is 32.2. The van der Waals surface area contributed by atoms with Gasteiger partial charge in [0.05, 0.1) is 17.6 Å². The van der Waals surface area contributed by atoms with Crippen molar-refractivity contribution in [2.75, 3.05) is 12.4 Å². The number of nitrogens with zero attached hydrogens (tertiary/aromatic N) is 2. The molecule has 0 unspecified atom stereocenters. The molecule has 0 saturated carbocycles. The minimum absolute atomic E-state index is 0.681. The monoisotopic (exact) mass is 326 g/mol. The van der Waals surface area contributed by atoms with E-state index in [1.54, 1.807) is 11.8 Å². The number of hydrogen-bond donors (Lipinski definition) is 0. The Kier molecular flexibility index (Phi) is 4.91. The Bertz CT molecular complexity index is 790. The van der Waals surface area contributed by atoms with E-state index < -0.39 is 0 Å². The number of ether oxygens (including phenoxy) is 1. The van der Waals surface area contributed by atoms with Crippen LogP contribution in [-0.2, 0) is 6.54 Å². The van der Waals surface area contributed by atoms with Crippen molar-refractivity contribution >= 4 is 22.8 Å². The average Bonchev–Trinajstić information content (AvgIpc) is 2.88. The second-order valence-corrected chi connectivity index (χ2v) is 6.71. The summed E-state index contributed by atoms with van der Waals surface area (Å²) in [5, 5.41) is 1.07. The first-order chi connectivity index (χ1) is 11.2. The Morgan fingerprint density at radius 2 is 1.83 bits per heavy atom. The molecule has 0 spiro atoms. The highest BCUT2D eigenvalue weighted by Gasteiger charge is 2.09. The lowest BCUT2D eigenvalue weighted by atomic mass is 10.1. The van der Waals surface area contributed by atoms with Crippen LogP contribution in [0.2, 0.25) is 0 Å². The van der Waals surface area contributed by atoms with Crippen LogP contribution in [0.1, 0.15) is 18.1 Å². The number of imidazole rings is 1. The maximum Gasteiger partial charge on any atom is 0.169 e. The zero-order chi connectivity index (χ0) is 16.2. The van der Waals surface area contributed by atoms with E-state index in [-0.39, 0.29) is 0 Å². The Morgan fingerprint density at radius 1 is 1.09 bits per heavy atom. The molecule has 0 radical (unpaired) electrons. The predicted molar refractivity (Wildman–Crippen MR) is 97.5 cm³/mol. The Hall–Kier alpha value is -1.94. The van der Waals surface area contributed by atoms with Crippen LogP contribution in [0, 0.1) is 13.8 Å². The van der Waals surface area contributed by atoms with E-state index in [0.29, 0.717) is 6.61 Å². The third kappa shape index (κ3) is 3.70. The molecule has 2 aromatic carbocycles. The minimum Gasteiger partial charge on any atom is -0.493 e. The first kappa shape index (κ1) is 15.9. The van der Waals surface area contributed by atoms with Gasteiger partial charge in [0, 0.05) is 12.3 Å². The number of fused-ring (bicyclic) bond motifs is 1.